The smallest absolute Gasteiger partial charge is 0.231 e. The van der Waals surface area contributed by atoms with Gasteiger partial charge in [0.15, 0.2) is 11.5 Å². The lowest BCUT2D eigenvalue weighted by atomic mass is 10.0. The van der Waals surface area contributed by atoms with Crippen molar-refractivity contribution in [1.82, 2.24) is 4.90 Å². The van der Waals surface area contributed by atoms with Crippen molar-refractivity contribution in [1.29, 1.82) is 0 Å². The van der Waals surface area contributed by atoms with E-state index in [1.165, 1.54) is 25.1 Å². The van der Waals surface area contributed by atoms with Gasteiger partial charge in [0.2, 0.25) is 6.79 Å². The molecule has 5 rings (SSSR count). The van der Waals surface area contributed by atoms with Gasteiger partial charge in [-0.2, -0.15) is 0 Å². The maximum Gasteiger partial charge on any atom is 0.231 e. The van der Waals surface area contributed by atoms with Gasteiger partial charge in [-0.25, -0.2) is 0 Å². The molecular weight excluding hydrogens is 312 g/mol. The molecule has 4 nitrogen and oxygen atoms in total. The quantitative estimate of drug-likeness (QED) is 0.859. The molecule has 0 bridgehead atoms. The zero-order valence-electron chi connectivity index (χ0n) is 14.5. The summed E-state index contributed by atoms with van der Waals surface area (Å²) in [6, 6.07) is 15.3. The second kappa shape index (κ2) is 6.26. The molecule has 1 fully saturated rings. The number of piperazine rings is 1. The zero-order chi connectivity index (χ0) is 16.6. The molecule has 2 aromatic carbocycles. The summed E-state index contributed by atoms with van der Waals surface area (Å²) in [5.74, 6) is 2.46. The Kier molecular flexibility index (Phi) is 3.78. The molecule has 2 aliphatic heterocycles. The van der Waals surface area contributed by atoms with Crippen LogP contribution in [0.3, 0.4) is 0 Å². The van der Waals surface area contributed by atoms with Crippen molar-refractivity contribution in [2.45, 2.75) is 18.8 Å². The number of aryl methyl sites for hydroxylation is 1. The van der Waals surface area contributed by atoms with Crippen LogP contribution in [0, 0.1) is 0 Å². The number of fused-ring (bicyclic) bond motifs is 2. The maximum absolute atomic E-state index is 5.51. The molecule has 1 aliphatic carbocycles. The van der Waals surface area contributed by atoms with Gasteiger partial charge >= 0.3 is 0 Å². The van der Waals surface area contributed by atoms with Crippen LogP contribution in [-0.2, 0) is 6.42 Å². The van der Waals surface area contributed by atoms with E-state index in [2.05, 4.69) is 46.2 Å². The Bertz CT molecular complexity index is 768. The highest BCUT2D eigenvalue weighted by Crippen LogP contribution is 2.36. The molecule has 1 unspecified atom stereocenters. The molecule has 1 atom stereocenters. The van der Waals surface area contributed by atoms with Crippen LogP contribution in [0.5, 0.6) is 11.5 Å². The second-order valence-corrected chi connectivity index (χ2v) is 7.26. The molecule has 0 saturated carbocycles. The maximum atomic E-state index is 5.51. The first-order valence-electron chi connectivity index (χ1n) is 9.31. The second-order valence-electron chi connectivity index (χ2n) is 7.26. The summed E-state index contributed by atoms with van der Waals surface area (Å²) in [5.41, 5.74) is 4.39. The summed E-state index contributed by atoms with van der Waals surface area (Å²) in [7, 11) is 0. The predicted octanol–water partition coefficient (Wildman–Crippen LogP) is 3.27. The molecule has 0 spiro atoms. The summed E-state index contributed by atoms with van der Waals surface area (Å²) in [5, 5.41) is 0. The first-order valence-corrected chi connectivity index (χ1v) is 9.31. The van der Waals surface area contributed by atoms with E-state index >= 15 is 0 Å². The number of benzene rings is 2. The first-order chi connectivity index (χ1) is 12.4. The fourth-order valence-electron chi connectivity index (χ4n) is 4.42. The lowest BCUT2D eigenvalue weighted by Crippen LogP contribution is -2.47. The van der Waals surface area contributed by atoms with E-state index in [-0.39, 0.29) is 0 Å². The van der Waals surface area contributed by atoms with E-state index in [1.54, 1.807) is 11.1 Å². The topological polar surface area (TPSA) is 24.9 Å². The lowest BCUT2D eigenvalue weighted by molar-refractivity contribution is 0.174. The summed E-state index contributed by atoms with van der Waals surface area (Å²) in [6.07, 6.45) is 2.56. The van der Waals surface area contributed by atoms with Gasteiger partial charge in [0, 0.05) is 44.5 Å². The van der Waals surface area contributed by atoms with Gasteiger partial charge < -0.3 is 14.4 Å². The average Bonchev–Trinajstić information content (AvgIpc) is 3.29. The van der Waals surface area contributed by atoms with Crippen LogP contribution in [0.15, 0.2) is 42.5 Å². The third-order valence-electron chi connectivity index (χ3n) is 5.83. The van der Waals surface area contributed by atoms with Crippen molar-refractivity contribution in [3.63, 3.8) is 0 Å². The number of anilines is 1. The van der Waals surface area contributed by atoms with Crippen LogP contribution in [0.2, 0.25) is 0 Å². The van der Waals surface area contributed by atoms with Crippen molar-refractivity contribution in [3.05, 3.63) is 53.6 Å². The Hall–Kier alpha value is -2.20. The molecule has 25 heavy (non-hydrogen) atoms. The van der Waals surface area contributed by atoms with Crippen molar-refractivity contribution < 1.29 is 9.47 Å². The summed E-state index contributed by atoms with van der Waals surface area (Å²) in [4.78, 5) is 5.09. The zero-order valence-corrected chi connectivity index (χ0v) is 14.5. The van der Waals surface area contributed by atoms with E-state index in [0.717, 1.165) is 37.7 Å². The Balaban J connectivity index is 1.21. The van der Waals surface area contributed by atoms with E-state index in [4.69, 9.17) is 9.47 Å². The predicted molar refractivity (Wildman–Crippen MR) is 98.7 cm³/mol. The van der Waals surface area contributed by atoms with Crippen LogP contribution in [0.4, 0.5) is 5.69 Å². The van der Waals surface area contributed by atoms with Gasteiger partial charge in [0.1, 0.15) is 0 Å². The Labute approximate surface area is 149 Å². The number of hydrogen-bond donors (Lipinski definition) is 0. The van der Waals surface area contributed by atoms with Crippen molar-refractivity contribution in [3.8, 4) is 11.5 Å². The fourth-order valence-corrected chi connectivity index (χ4v) is 4.42. The van der Waals surface area contributed by atoms with Crippen LogP contribution in [0.1, 0.15) is 23.5 Å². The Morgan fingerprint density at radius 1 is 0.920 bits per heavy atom. The Morgan fingerprint density at radius 2 is 1.76 bits per heavy atom. The van der Waals surface area contributed by atoms with Gasteiger partial charge in [-0.3, -0.25) is 4.90 Å². The van der Waals surface area contributed by atoms with Gasteiger partial charge in [-0.15, -0.1) is 0 Å². The lowest BCUT2D eigenvalue weighted by Gasteiger charge is -2.37. The first kappa shape index (κ1) is 15.1. The number of rotatable bonds is 3. The van der Waals surface area contributed by atoms with Crippen molar-refractivity contribution >= 4 is 5.69 Å². The monoisotopic (exact) mass is 336 g/mol. The van der Waals surface area contributed by atoms with Gasteiger partial charge in [-0.05, 0) is 42.0 Å². The fraction of sp³-hybridized carbons (Fsp3) is 0.429. The molecule has 2 aromatic rings. The molecule has 4 heteroatoms. The minimum Gasteiger partial charge on any atom is -0.454 e. The van der Waals surface area contributed by atoms with Crippen LogP contribution in [-0.4, -0.2) is 44.4 Å². The molecule has 0 aromatic heterocycles. The third kappa shape index (κ3) is 2.85. The van der Waals surface area contributed by atoms with Gasteiger partial charge in [0.05, 0.1) is 0 Å². The highest BCUT2D eigenvalue weighted by Gasteiger charge is 2.26. The number of ether oxygens (including phenoxy) is 2. The normalized spacial score (nSPS) is 22.2. The molecule has 130 valence electrons. The molecule has 0 amide bonds. The molecule has 0 radical (unpaired) electrons. The minimum atomic E-state index is 0.343. The highest BCUT2D eigenvalue weighted by molar-refractivity contribution is 5.57. The van der Waals surface area contributed by atoms with Crippen LogP contribution in [0.25, 0.3) is 0 Å². The van der Waals surface area contributed by atoms with Gasteiger partial charge in [-0.1, -0.05) is 24.3 Å². The summed E-state index contributed by atoms with van der Waals surface area (Å²) < 4.78 is 10.9. The molecule has 1 saturated heterocycles. The molecular formula is C21H24N2O2. The molecule has 2 heterocycles. The van der Waals surface area contributed by atoms with Crippen molar-refractivity contribution in [2.24, 2.45) is 0 Å². The SMILES string of the molecule is c1ccc2c(c1)CCC2CN1CCN(c2ccc3c(c2)OCO3)CC1. The standard InChI is InChI=1S/C21H24N2O2/c1-2-4-19-16(3-1)5-6-17(19)14-22-9-11-23(12-10-22)18-7-8-20-21(13-18)25-15-24-20/h1-4,7-8,13,17H,5-6,9-12,14-15H2. The number of hydrogen-bond acceptors (Lipinski definition) is 4. The average molecular weight is 336 g/mol. The molecule has 3 aliphatic rings. The van der Waals surface area contributed by atoms with E-state index in [9.17, 15) is 0 Å². The molecule has 0 N–H and O–H groups in total. The van der Waals surface area contributed by atoms with Crippen LogP contribution < -0.4 is 14.4 Å². The van der Waals surface area contributed by atoms with E-state index in [0.29, 0.717) is 12.7 Å². The Morgan fingerprint density at radius 3 is 2.68 bits per heavy atom. The summed E-state index contributed by atoms with van der Waals surface area (Å²) in [6.45, 7) is 5.96. The largest absolute Gasteiger partial charge is 0.454 e. The van der Waals surface area contributed by atoms with E-state index in [1.807, 2.05) is 6.07 Å². The van der Waals surface area contributed by atoms with E-state index < -0.39 is 0 Å². The van der Waals surface area contributed by atoms with Crippen LogP contribution >= 0.6 is 0 Å². The van der Waals surface area contributed by atoms with Gasteiger partial charge in [0.25, 0.3) is 0 Å². The highest BCUT2D eigenvalue weighted by atomic mass is 16.7. The summed E-state index contributed by atoms with van der Waals surface area (Å²) >= 11 is 0. The minimum absolute atomic E-state index is 0.343. The third-order valence-corrected chi connectivity index (χ3v) is 5.83. The number of nitrogens with zero attached hydrogens (tertiary/aromatic N) is 2. The van der Waals surface area contributed by atoms with Crippen molar-refractivity contribution in [2.75, 3.05) is 44.4 Å².